The lowest BCUT2D eigenvalue weighted by atomic mass is 10.0. The van der Waals surface area contributed by atoms with E-state index in [1.165, 1.54) is 0 Å². The van der Waals surface area contributed by atoms with Gasteiger partial charge in [0.15, 0.2) is 11.6 Å². The smallest absolute Gasteiger partial charge is 0.156 e. The van der Waals surface area contributed by atoms with Crippen LogP contribution in [0, 0.1) is 6.92 Å². The number of aromatic nitrogens is 4. The number of nitrogens with one attached hydrogen (secondary N) is 2. The van der Waals surface area contributed by atoms with Crippen LogP contribution < -0.4 is 11.1 Å². The molecular formula is C22H18N6. The lowest BCUT2D eigenvalue weighted by molar-refractivity contribution is 1.12. The predicted molar refractivity (Wildman–Crippen MR) is 113 cm³/mol. The monoisotopic (exact) mass is 366 g/mol. The van der Waals surface area contributed by atoms with Crippen molar-refractivity contribution in [2.75, 3.05) is 11.1 Å². The molecule has 5 rings (SSSR count). The molecule has 5 aromatic rings. The van der Waals surface area contributed by atoms with E-state index in [4.69, 9.17) is 5.73 Å². The second-order valence-corrected chi connectivity index (χ2v) is 6.73. The van der Waals surface area contributed by atoms with Gasteiger partial charge >= 0.3 is 0 Å². The average Bonchev–Trinajstić information content (AvgIpc) is 3.12. The normalized spacial score (nSPS) is 11.2. The van der Waals surface area contributed by atoms with E-state index in [1.54, 1.807) is 6.20 Å². The molecule has 3 heterocycles. The number of fused-ring (bicyclic) bond motifs is 2. The van der Waals surface area contributed by atoms with Crippen LogP contribution in [-0.2, 0) is 0 Å². The van der Waals surface area contributed by atoms with Crippen LogP contribution in [0.15, 0.2) is 67.0 Å². The van der Waals surface area contributed by atoms with Gasteiger partial charge in [0.25, 0.3) is 0 Å². The minimum atomic E-state index is 0.446. The fourth-order valence-electron chi connectivity index (χ4n) is 3.45. The fourth-order valence-corrected chi connectivity index (χ4v) is 3.45. The number of H-pyrrole nitrogens is 1. The first-order valence-electron chi connectivity index (χ1n) is 9.01. The van der Waals surface area contributed by atoms with Gasteiger partial charge in [-0.2, -0.15) is 5.10 Å². The third kappa shape index (κ3) is 2.63. The van der Waals surface area contributed by atoms with Crippen LogP contribution in [0.1, 0.15) is 5.56 Å². The molecule has 6 heteroatoms. The van der Waals surface area contributed by atoms with E-state index in [0.717, 1.165) is 44.2 Å². The SMILES string of the molecule is Cc1ccccc1Nc1ncc(-c2ccc3cccnc3c2)c2c(N)n[nH]c12. The summed E-state index contributed by atoms with van der Waals surface area (Å²) in [7, 11) is 0. The molecule has 0 aliphatic heterocycles. The first kappa shape index (κ1) is 16.3. The van der Waals surface area contributed by atoms with Gasteiger partial charge in [0.1, 0.15) is 5.52 Å². The van der Waals surface area contributed by atoms with Crippen LogP contribution in [0.5, 0.6) is 0 Å². The van der Waals surface area contributed by atoms with Crippen molar-refractivity contribution >= 4 is 39.1 Å². The zero-order valence-corrected chi connectivity index (χ0v) is 15.3. The second-order valence-electron chi connectivity index (χ2n) is 6.73. The number of hydrogen-bond donors (Lipinski definition) is 3. The summed E-state index contributed by atoms with van der Waals surface area (Å²) in [5.74, 6) is 1.14. The third-order valence-electron chi connectivity index (χ3n) is 4.94. The van der Waals surface area contributed by atoms with Crippen molar-refractivity contribution in [2.45, 2.75) is 6.92 Å². The molecule has 0 aliphatic rings. The molecule has 136 valence electrons. The Morgan fingerprint density at radius 1 is 1.00 bits per heavy atom. The molecule has 0 fully saturated rings. The van der Waals surface area contributed by atoms with Crippen molar-refractivity contribution in [3.8, 4) is 11.1 Å². The summed E-state index contributed by atoms with van der Waals surface area (Å²) < 4.78 is 0. The Balaban J connectivity index is 1.67. The zero-order valence-electron chi connectivity index (χ0n) is 15.3. The average molecular weight is 366 g/mol. The number of anilines is 3. The highest BCUT2D eigenvalue weighted by Gasteiger charge is 2.16. The number of aromatic amines is 1. The summed E-state index contributed by atoms with van der Waals surface area (Å²) >= 11 is 0. The molecule has 0 saturated heterocycles. The lowest BCUT2D eigenvalue weighted by Crippen LogP contribution is -1.98. The van der Waals surface area contributed by atoms with Crippen molar-refractivity contribution in [2.24, 2.45) is 0 Å². The Bertz CT molecular complexity index is 1320. The summed E-state index contributed by atoms with van der Waals surface area (Å²) in [5.41, 5.74) is 12.0. The maximum absolute atomic E-state index is 6.21. The Kier molecular flexibility index (Phi) is 3.69. The van der Waals surface area contributed by atoms with Crippen LogP contribution in [0.4, 0.5) is 17.3 Å². The quantitative estimate of drug-likeness (QED) is 0.426. The van der Waals surface area contributed by atoms with Gasteiger partial charge in [0.05, 0.1) is 10.9 Å². The molecule has 28 heavy (non-hydrogen) atoms. The highest BCUT2D eigenvalue weighted by atomic mass is 15.2. The van der Waals surface area contributed by atoms with Gasteiger partial charge in [-0.3, -0.25) is 10.1 Å². The summed E-state index contributed by atoms with van der Waals surface area (Å²) in [6.07, 6.45) is 3.63. The van der Waals surface area contributed by atoms with Gasteiger partial charge in [-0.1, -0.05) is 36.4 Å². The predicted octanol–water partition coefficient (Wildman–Crippen LogP) is 4.81. The summed E-state index contributed by atoms with van der Waals surface area (Å²) in [6.45, 7) is 2.05. The molecule has 2 aromatic carbocycles. The zero-order chi connectivity index (χ0) is 19.1. The van der Waals surface area contributed by atoms with Gasteiger partial charge in [-0.05, 0) is 36.2 Å². The molecule has 0 spiro atoms. The second kappa shape index (κ2) is 6.35. The van der Waals surface area contributed by atoms with Crippen LogP contribution >= 0.6 is 0 Å². The Labute approximate surface area is 161 Å². The molecule has 0 radical (unpaired) electrons. The van der Waals surface area contributed by atoms with Gasteiger partial charge in [0.2, 0.25) is 0 Å². The number of nitrogens with two attached hydrogens (primary N) is 1. The van der Waals surface area contributed by atoms with Crippen molar-refractivity contribution in [3.63, 3.8) is 0 Å². The number of nitrogens with zero attached hydrogens (tertiary/aromatic N) is 3. The van der Waals surface area contributed by atoms with Crippen LogP contribution in [0.25, 0.3) is 32.9 Å². The minimum absolute atomic E-state index is 0.446. The number of para-hydroxylation sites is 1. The van der Waals surface area contributed by atoms with Crippen molar-refractivity contribution in [1.29, 1.82) is 0 Å². The molecule has 6 nitrogen and oxygen atoms in total. The van der Waals surface area contributed by atoms with Crippen LogP contribution in [0.2, 0.25) is 0 Å². The van der Waals surface area contributed by atoms with Gasteiger partial charge < -0.3 is 11.1 Å². The molecule has 0 aliphatic carbocycles. The van der Waals surface area contributed by atoms with E-state index in [9.17, 15) is 0 Å². The fraction of sp³-hybridized carbons (Fsp3) is 0.0455. The van der Waals surface area contributed by atoms with Crippen molar-refractivity contribution in [3.05, 3.63) is 72.6 Å². The summed E-state index contributed by atoms with van der Waals surface area (Å²) in [6, 6.07) is 18.2. The highest BCUT2D eigenvalue weighted by molar-refractivity contribution is 6.06. The van der Waals surface area contributed by atoms with E-state index in [0.29, 0.717) is 11.6 Å². The van der Waals surface area contributed by atoms with Crippen molar-refractivity contribution < 1.29 is 0 Å². The van der Waals surface area contributed by atoms with E-state index in [-0.39, 0.29) is 0 Å². The van der Waals surface area contributed by atoms with E-state index in [2.05, 4.69) is 50.6 Å². The maximum atomic E-state index is 6.21. The molecular weight excluding hydrogens is 348 g/mol. The molecule has 0 bridgehead atoms. The van der Waals surface area contributed by atoms with E-state index < -0.39 is 0 Å². The Morgan fingerprint density at radius 3 is 2.79 bits per heavy atom. The highest BCUT2D eigenvalue weighted by Crippen LogP contribution is 2.36. The molecule has 0 atom stereocenters. The largest absolute Gasteiger partial charge is 0.382 e. The number of benzene rings is 2. The van der Waals surface area contributed by atoms with Gasteiger partial charge in [-0.15, -0.1) is 0 Å². The number of aryl methyl sites for hydroxylation is 1. The standard InChI is InChI=1S/C22H18N6/c1-13-5-2-3-7-17(13)26-22-20-19(21(23)28-27-20)16(12-25-22)15-9-8-14-6-4-10-24-18(14)11-15/h2-12H,1H3,(H,25,26)(H3,23,27,28). The summed E-state index contributed by atoms with van der Waals surface area (Å²) in [5, 5.41) is 12.6. The molecule has 3 aromatic heterocycles. The van der Waals surface area contributed by atoms with Crippen LogP contribution in [-0.4, -0.2) is 20.2 Å². The third-order valence-corrected chi connectivity index (χ3v) is 4.94. The number of pyridine rings is 2. The number of hydrogen-bond acceptors (Lipinski definition) is 5. The molecule has 4 N–H and O–H groups in total. The molecule has 0 unspecified atom stereocenters. The van der Waals surface area contributed by atoms with Crippen LogP contribution in [0.3, 0.4) is 0 Å². The van der Waals surface area contributed by atoms with Gasteiger partial charge in [-0.25, -0.2) is 4.98 Å². The number of rotatable bonds is 3. The lowest BCUT2D eigenvalue weighted by Gasteiger charge is -2.11. The van der Waals surface area contributed by atoms with Crippen molar-refractivity contribution in [1.82, 2.24) is 20.2 Å². The first-order valence-corrected chi connectivity index (χ1v) is 9.01. The molecule has 0 saturated carbocycles. The topological polar surface area (TPSA) is 92.5 Å². The maximum Gasteiger partial charge on any atom is 0.156 e. The summed E-state index contributed by atoms with van der Waals surface area (Å²) in [4.78, 5) is 9.11. The number of nitrogen functional groups attached to an aromatic ring is 1. The molecule has 0 amide bonds. The van der Waals surface area contributed by atoms with Gasteiger partial charge in [0, 0.05) is 29.0 Å². The van der Waals surface area contributed by atoms with E-state index >= 15 is 0 Å². The minimum Gasteiger partial charge on any atom is -0.382 e. The Morgan fingerprint density at radius 2 is 1.89 bits per heavy atom. The van der Waals surface area contributed by atoms with E-state index in [1.807, 2.05) is 42.6 Å². The first-order chi connectivity index (χ1) is 13.7. The Hall–Kier alpha value is -3.93.